The van der Waals surface area contributed by atoms with Crippen molar-refractivity contribution in [1.29, 1.82) is 0 Å². The summed E-state index contributed by atoms with van der Waals surface area (Å²) in [4.78, 5) is 19.6. The number of anilines is 2. The van der Waals surface area contributed by atoms with Crippen LogP contribution in [0.1, 0.15) is 0 Å². The third-order valence-electron chi connectivity index (χ3n) is 2.90. The van der Waals surface area contributed by atoms with E-state index in [0.717, 1.165) is 11.9 Å². The van der Waals surface area contributed by atoms with Gasteiger partial charge in [0, 0.05) is 24.5 Å². The molecule has 0 aliphatic heterocycles. The Kier molecular flexibility index (Phi) is 4.98. The van der Waals surface area contributed by atoms with Crippen molar-refractivity contribution < 1.29 is 9.18 Å². The second-order valence-corrected chi connectivity index (χ2v) is 4.45. The number of aldehydes is 1. The molecule has 112 valence electrons. The van der Waals surface area contributed by atoms with Crippen LogP contribution < -0.4 is 10.6 Å². The minimum atomic E-state index is -0.529. The summed E-state index contributed by atoms with van der Waals surface area (Å²) in [5.41, 5.74) is 7.11. The van der Waals surface area contributed by atoms with Crippen molar-refractivity contribution in [2.24, 2.45) is 0 Å². The molecular formula is C16H15FN4O. The first kappa shape index (κ1) is 15.4. The molecule has 0 unspecified atom stereocenters. The maximum atomic E-state index is 13.8. The van der Waals surface area contributed by atoms with Crippen LogP contribution in [0, 0.1) is 5.82 Å². The number of rotatable bonds is 5. The Labute approximate surface area is 127 Å². The van der Waals surface area contributed by atoms with Crippen molar-refractivity contribution in [1.82, 2.24) is 9.97 Å². The fourth-order valence-electron chi connectivity index (χ4n) is 1.83. The van der Waals surface area contributed by atoms with E-state index in [1.54, 1.807) is 36.6 Å². The molecular weight excluding hydrogens is 283 g/mol. The van der Waals surface area contributed by atoms with Crippen molar-refractivity contribution in [3.05, 3.63) is 60.7 Å². The van der Waals surface area contributed by atoms with Crippen LogP contribution in [0.3, 0.4) is 0 Å². The summed E-state index contributed by atoms with van der Waals surface area (Å²) in [6, 6.07) is 7.21. The van der Waals surface area contributed by atoms with Gasteiger partial charge in [-0.1, -0.05) is 18.2 Å². The average Bonchev–Trinajstić information content (AvgIpc) is 2.54. The quantitative estimate of drug-likeness (QED) is 0.522. The molecule has 2 aromatic rings. The topological polar surface area (TPSA) is 72.1 Å². The van der Waals surface area contributed by atoms with Gasteiger partial charge in [-0.25, -0.2) is 14.4 Å². The zero-order valence-corrected chi connectivity index (χ0v) is 12.0. The molecule has 0 aliphatic carbocycles. The van der Waals surface area contributed by atoms with Gasteiger partial charge in [-0.2, -0.15) is 0 Å². The fourth-order valence-corrected chi connectivity index (χ4v) is 1.83. The second kappa shape index (κ2) is 7.12. The molecule has 0 fully saturated rings. The number of carbonyl (C=O) groups is 1. The smallest absolute Gasteiger partial charge is 0.220 e. The number of allylic oxidation sites excluding steroid dienone is 3. The maximum Gasteiger partial charge on any atom is 0.220 e. The SMILES string of the molecule is CN(/C=C\C=C/C=O)c1cccc(-c2nc(N)ncc2F)c1. The first-order chi connectivity index (χ1) is 10.6. The Morgan fingerprint density at radius 1 is 1.27 bits per heavy atom. The van der Waals surface area contributed by atoms with Crippen molar-refractivity contribution >= 4 is 17.9 Å². The second-order valence-electron chi connectivity index (χ2n) is 4.45. The predicted octanol–water partition coefficient (Wildman–Crippen LogP) is 2.57. The lowest BCUT2D eigenvalue weighted by atomic mass is 10.1. The Morgan fingerprint density at radius 2 is 2.09 bits per heavy atom. The van der Waals surface area contributed by atoms with Gasteiger partial charge in [0.2, 0.25) is 5.95 Å². The van der Waals surface area contributed by atoms with Gasteiger partial charge in [0.15, 0.2) is 5.82 Å². The van der Waals surface area contributed by atoms with E-state index in [2.05, 4.69) is 9.97 Å². The van der Waals surface area contributed by atoms with Crippen molar-refractivity contribution in [2.45, 2.75) is 0 Å². The average molecular weight is 298 g/mol. The molecule has 0 amide bonds. The standard InChI is InChI=1S/C16H15FN4O/c1-21(8-3-2-4-9-22)13-7-5-6-12(10-13)15-14(17)11-19-16(18)20-15/h2-11H,1H3,(H2,18,19,20)/b4-2-,8-3-. The normalized spacial score (nSPS) is 11.2. The molecule has 0 spiro atoms. The number of hydrogen-bond donors (Lipinski definition) is 1. The van der Waals surface area contributed by atoms with Gasteiger partial charge in [0.25, 0.3) is 0 Å². The molecule has 2 N–H and O–H groups in total. The number of nitrogen functional groups attached to an aromatic ring is 1. The molecule has 0 saturated carbocycles. The summed E-state index contributed by atoms with van der Waals surface area (Å²) in [5, 5.41) is 0. The Hall–Kier alpha value is -3.02. The Balaban J connectivity index is 2.30. The number of nitrogens with zero attached hydrogens (tertiary/aromatic N) is 3. The molecule has 0 aliphatic rings. The van der Waals surface area contributed by atoms with Crippen molar-refractivity contribution in [3.8, 4) is 11.3 Å². The summed E-state index contributed by atoms with van der Waals surface area (Å²) in [7, 11) is 1.84. The highest BCUT2D eigenvalue weighted by Gasteiger charge is 2.09. The molecule has 1 aromatic carbocycles. The summed E-state index contributed by atoms with van der Waals surface area (Å²) >= 11 is 0. The maximum absolute atomic E-state index is 13.8. The molecule has 22 heavy (non-hydrogen) atoms. The first-order valence-electron chi connectivity index (χ1n) is 6.51. The van der Waals surface area contributed by atoms with Gasteiger partial charge in [-0.15, -0.1) is 0 Å². The lowest BCUT2D eigenvalue weighted by Gasteiger charge is -2.15. The molecule has 0 saturated heterocycles. The molecule has 0 bridgehead atoms. The monoisotopic (exact) mass is 298 g/mol. The lowest BCUT2D eigenvalue weighted by Crippen LogP contribution is -2.07. The molecule has 5 nitrogen and oxygen atoms in total. The Bertz CT molecular complexity index is 728. The van der Waals surface area contributed by atoms with Gasteiger partial charge in [0.1, 0.15) is 12.0 Å². The van der Waals surface area contributed by atoms with Gasteiger partial charge in [-0.05, 0) is 24.3 Å². The molecule has 0 atom stereocenters. The van der Waals surface area contributed by atoms with E-state index in [4.69, 9.17) is 5.73 Å². The van der Waals surface area contributed by atoms with Crippen LogP contribution in [0.15, 0.2) is 54.9 Å². The largest absolute Gasteiger partial charge is 0.368 e. The number of carbonyl (C=O) groups excluding carboxylic acids is 1. The minimum absolute atomic E-state index is 0.0223. The molecule has 1 heterocycles. The van der Waals surface area contributed by atoms with E-state index in [1.807, 2.05) is 18.0 Å². The Morgan fingerprint density at radius 3 is 2.86 bits per heavy atom. The van der Waals surface area contributed by atoms with Crippen LogP contribution in [0.2, 0.25) is 0 Å². The van der Waals surface area contributed by atoms with Crippen molar-refractivity contribution in [3.63, 3.8) is 0 Å². The zero-order valence-electron chi connectivity index (χ0n) is 12.0. The number of halogens is 1. The summed E-state index contributed by atoms with van der Waals surface area (Å²) in [5.74, 6) is -0.507. The van der Waals surface area contributed by atoms with Crippen LogP contribution in [0.4, 0.5) is 16.0 Å². The number of aromatic nitrogens is 2. The van der Waals surface area contributed by atoms with Crippen LogP contribution in [-0.2, 0) is 4.79 Å². The molecule has 0 radical (unpaired) electrons. The van der Waals surface area contributed by atoms with Gasteiger partial charge in [0.05, 0.1) is 6.20 Å². The lowest BCUT2D eigenvalue weighted by molar-refractivity contribution is -0.104. The highest BCUT2D eigenvalue weighted by molar-refractivity contribution is 5.67. The van der Waals surface area contributed by atoms with E-state index >= 15 is 0 Å². The highest BCUT2D eigenvalue weighted by atomic mass is 19.1. The van der Waals surface area contributed by atoms with Crippen LogP contribution in [0.5, 0.6) is 0 Å². The van der Waals surface area contributed by atoms with E-state index in [0.29, 0.717) is 11.8 Å². The van der Waals surface area contributed by atoms with Gasteiger partial charge >= 0.3 is 0 Å². The molecule has 6 heteroatoms. The number of benzene rings is 1. The first-order valence-corrected chi connectivity index (χ1v) is 6.51. The summed E-state index contributed by atoms with van der Waals surface area (Å²) in [6.45, 7) is 0. The predicted molar refractivity (Wildman–Crippen MR) is 84.6 cm³/mol. The van der Waals surface area contributed by atoms with E-state index in [-0.39, 0.29) is 11.6 Å². The molecule has 1 aromatic heterocycles. The van der Waals surface area contributed by atoms with Crippen LogP contribution in [0.25, 0.3) is 11.3 Å². The fraction of sp³-hybridized carbons (Fsp3) is 0.0625. The van der Waals surface area contributed by atoms with Gasteiger partial charge < -0.3 is 10.6 Å². The van der Waals surface area contributed by atoms with E-state index in [9.17, 15) is 9.18 Å². The van der Waals surface area contributed by atoms with E-state index < -0.39 is 5.82 Å². The third kappa shape index (κ3) is 3.76. The minimum Gasteiger partial charge on any atom is -0.368 e. The van der Waals surface area contributed by atoms with Crippen LogP contribution >= 0.6 is 0 Å². The summed E-state index contributed by atoms with van der Waals surface area (Å²) in [6.07, 6.45) is 8.28. The highest BCUT2D eigenvalue weighted by Crippen LogP contribution is 2.25. The zero-order chi connectivity index (χ0) is 15.9. The van der Waals surface area contributed by atoms with Crippen LogP contribution in [-0.4, -0.2) is 23.3 Å². The number of hydrogen-bond acceptors (Lipinski definition) is 5. The van der Waals surface area contributed by atoms with E-state index in [1.165, 1.54) is 6.08 Å². The number of nitrogens with two attached hydrogens (primary N) is 1. The molecule has 2 rings (SSSR count). The van der Waals surface area contributed by atoms with Gasteiger partial charge in [-0.3, -0.25) is 4.79 Å². The van der Waals surface area contributed by atoms with Crippen molar-refractivity contribution in [2.75, 3.05) is 17.7 Å². The summed E-state index contributed by atoms with van der Waals surface area (Å²) < 4.78 is 13.8. The third-order valence-corrected chi connectivity index (χ3v) is 2.90.